The number of nitrogens with one attached hydrogen (secondary N) is 1. The molecule has 1 aliphatic rings. The molecule has 0 bridgehead atoms. The first-order chi connectivity index (χ1) is 10.2. The van der Waals surface area contributed by atoms with Gasteiger partial charge in [-0.05, 0) is 49.7 Å². The van der Waals surface area contributed by atoms with Crippen LogP contribution in [0.15, 0.2) is 42.5 Å². The highest BCUT2D eigenvalue weighted by Crippen LogP contribution is 2.29. The Labute approximate surface area is 125 Å². The molecule has 21 heavy (non-hydrogen) atoms. The highest BCUT2D eigenvalue weighted by atomic mass is 16.5. The second-order valence-corrected chi connectivity index (χ2v) is 5.39. The van der Waals surface area contributed by atoms with E-state index in [0.717, 1.165) is 30.2 Å². The zero-order valence-corrected chi connectivity index (χ0v) is 12.6. The van der Waals surface area contributed by atoms with Gasteiger partial charge >= 0.3 is 0 Å². The lowest BCUT2D eigenvalue weighted by atomic mass is 10.1. The predicted molar refractivity (Wildman–Crippen MR) is 85.4 cm³/mol. The third-order valence-electron chi connectivity index (χ3n) is 3.66. The second-order valence-electron chi connectivity index (χ2n) is 5.39. The molecule has 0 amide bonds. The molecule has 0 radical (unpaired) electrons. The van der Waals surface area contributed by atoms with Crippen molar-refractivity contribution in [1.82, 2.24) is 0 Å². The van der Waals surface area contributed by atoms with Crippen LogP contribution < -0.4 is 14.8 Å². The van der Waals surface area contributed by atoms with Crippen molar-refractivity contribution >= 4 is 5.69 Å². The smallest absolute Gasteiger partial charge is 0.123 e. The summed E-state index contributed by atoms with van der Waals surface area (Å²) in [4.78, 5) is 0. The van der Waals surface area contributed by atoms with Gasteiger partial charge in [0.1, 0.15) is 17.6 Å². The molecule has 1 N–H and O–H groups in total. The van der Waals surface area contributed by atoms with Crippen LogP contribution in [-0.4, -0.2) is 19.3 Å². The molecule has 0 spiro atoms. The lowest BCUT2D eigenvalue weighted by molar-refractivity contribution is 0.246. The van der Waals surface area contributed by atoms with Gasteiger partial charge in [0.15, 0.2) is 0 Å². The molecular formula is C18H21NO2. The Morgan fingerprint density at radius 2 is 2.00 bits per heavy atom. The maximum atomic E-state index is 5.96. The van der Waals surface area contributed by atoms with E-state index in [9.17, 15) is 0 Å². The van der Waals surface area contributed by atoms with Gasteiger partial charge in [-0.2, -0.15) is 0 Å². The first-order valence-electron chi connectivity index (χ1n) is 7.47. The molecule has 3 nitrogen and oxygen atoms in total. The minimum absolute atomic E-state index is 0.202. The van der Waals surface area contributed by atoms with Gasteiger partial charge < -0.3 is 14.8 Å². The van der Waals surface area contributed by atoms with Gasteiger partial charge in [0, 0.05) is 12.1 Å². The van der Waals surface area contributed by atoms with Crippen LogP contribution in [0.3, 0.4) is 0 Å². The molecule has 1 aliphatic heterocycles. The highest BCUT2D eigenvalue weighted by molar-refractivity contribution is 5.47. The maximum Gasteiger partial charge on any atom is 0.123 e. The normalized spacial score (nSPS) is 16.2. The predicted octanol–water partition coefficient (Wildman–Crippen LogP) is 3.81. The van der Waals surface area contributed by atoms with Crippen LogP contribution in [0.25, 0.3) is 0 Å². The molecule has 2 aromatic rings. The number of anilines is 1. The highest BCUT2D eigenvalue weighted by Gasteiger charge is 2.22. The monoisotopic (exact) mass is 283 g/mol. The zero-order valence-electron chi connectivity index (χ0n) is 12.6. The molecular weight excluding hydrogens is 262 g/mol. The van der Waals surface area contributed by atoms with E-state index in [1.54, 1.807) is 0 Å². The van der Waals surface area contributed by atoms with Crippen LogP contribution in [-0.2, 0) is 6.42 Å². The van der Waals surface area contributed by atoms with Crippen molar-refractivity contribution in [3.63, 3.8) is 0 Å². The quantitative estimate of drug-likeness (QED) is 0.905. The Kier molecular flexibility index (Phi) is 4.00. The molecule has 1 atom stereocenters. The average Bonchev–Trinajstić information content (AvgIpc) is 2.89. The van der Waals surface area contributed by atoms with Crippen molar-refractivity contribution in [2.45, 2.75) is 26.4 Å². The summed E-state index contributed by atoms with van der Waals surface area (Å²) in [5, 5.41) is 3.42. The van der Waals surface area contributed by atoms with E-state index >= 15 is 0 Å². The lowest BCUT2D eigenvalue weighted by Gasteiger charge is -2.13. The molecule has 0 fully saturated rings. The zero-order chi connectivity index (χ0) is 14.7. The van der Waals surface area contributed by atoms with E-state index in [0.29, 0.717) is 6.61 Å². The van der Waals surface area contributed by atoms with Crippen molar-refractivity contribution in [1.29, 1.82) is 0 Å². The maximum absolute atomic E-state index is 5.96. The van der Waals surface area contributed by atoms with Crippen molar-refractivity contribution in [3.05, 3.63) is 53.6 Å². The summed E-state index contributed by atoms with van der Waals surface area (Å²) >= 11 is 0. The summed E-state index contributed by atoms with van der Waals surface area (Å²) in [5.74, 6) is 1.93. The van der Waals surface area contributed by atoms with E-state index in [-0.39, 0.29) is 6.10 Å². The van der Waals surface area contributed by atoms with Crippen molar-refractivity contribution in [2.24, 2.45) is 0 Å². The van der Waals surface area contributed by atoms with E-state index in [2.05, 4.69) is 30.4 Å². The molecule has 1 unspecified atom stereocenters. The van der Waals surface area contributed by atoms with Gasteiger partial charge in [-0.3, -0.25) is 0 Å². The van der Waals surface area contributed by atoms with Crippen LogP contribution in [0.1, 0.15) is 18.1 Å². The summed E-state index contributed by atoms with van der Waals surface area (Å²) in [6.07, 6.45) is 1.18. The van der Waals surface area contributed by atoms with Crippen LogP contribution in [0, 0.1) is 6.92 Å². The Morgan fingerprint density at radius 3 is 2.76 bits per heavy atom. The van der Waals surface area contributed by atoms with E-state index in [1.165, 1.54) is 11.1 Å². The van der Waals surface area contributed by atoms with E-state index < -0.39 is 0 Å². The number of fused-ring (bicyclic) bond motifs is 1. The molecule has 0 saturated carbocycles. The van der Waals surface area contributed by atoms with Gasteiger partial charge in [0.05, 0.1) is 13.2 Å². The van der Waals surface area contributed by atoms with Gasteiger partial charge in [-0.1, -0.05) is 17.7 Å². The number of rotatable bonds is 5. The second kappa shape index (κ2) is 6.08. The number of ether oxygens (including phenoxy) is 2. The van der Waals surface area contributed by atoms with Crippen LogP contribution in [0.4, 0.5) is 5.69 Å². The van der Waals surface area contributed by atoms with Gasteiger partial charge in [-0.15, -0.1) is 0 Å². The third-order valence-corrected chi connectivity index (χ3v) is 3.66. The van der Waals surface area contributed by atoms with Crippen molar-refractivity contribution < 1.29 is 9.47 Å². The Morgan fingerprint density at radius 1 is 1.19 bits per heavy atom. The molecule has 3 heteroatoms. The van der Waals surface area contributed by atoms with E-state index in [1.807, 2.05) is 31.2 Å². The molecule has 0 aromatic heterocycles. The topological polar surface area (TPSA) is 30.5 Å². The fraction of sp³-hybridized carbons (Fsp3) is 0.333. The molecule has 0 aliphatic carbocycles. The lowest BCUT2D eigenvalue weighted by Crippen LogP contribution is -2.23. The Bertz CT molecular complexity index is 607. The number of hydrogen-bond acceptors (Lipinski definition) is 3. The van der Waals surface area contributed by atoms with Crippen LogP contribution in [0.2, 0.25) is 0 Å². The minimum atomic E-state index is 0.202. The fourth-order valence-electron chi connectivity index (χ4n) is 2.63. The summed E-state index contributed by atoms with van der Waals surface area (Å²) in [6.45, 7) is 5.61. The molecule has 1 heterocycles. The Balaban J connectivity index is 1.55. The largest absolute Gasteiger partial charge is 0.494 e. The first-order valence-corrected chi connectivity index (χ1v) is 7.47. The number of benzene rings is 2. The number of aryl methyl sites for hydroxylation is 1. The van der Waals surface area contributed by atoms with Crippen LogP contribution in [0.5, 0.6) is 11.5 Å². The molecule has 3 rings (SSSR count). The molecule has 110 valence electrons. The summed E-state index contributed by atoms with van der Waals surface area (Å²) in [6, 6.07) is 14.4. The fourth-order valence-corrected chi connectivity index (χ4v) is 2.63. The molecule has 2 aromatic carbocycles. The van der Waals surface area contributed by atoms with Gasteiger partial charge in [0.2, 0.25) is 0 Å². The number of hydrogen-bond donors (Lipinski definition) is 1. The summed E-state index contributed by atoms with van der Waals surface area (Å²) in [5.41, 5.74) is 3.69. The first kappa shape index (κ1) is 13.8. The summed E-state index contributed by atoms with van der Waals surface area (Å²) < 4.78 is 11.4. The Hall–Kier alpha value is -2.16. The van der Waals surface area contributed by atoms with Crippen molar-refractivity contribution in [3.8, 4) is 11.5 Å². The van der Waals surface area contributed by atoms with E-state index in [4.69, 9.17) is 9.47 Å². The third kappa shape index (κ3) is 3.30. The minimum Gasteiger partial charge on any atom is -0.494 e. The van der Waals surface area contributed by atoms with Gasteiger partial charge in [0.25, 0.3) is 0 Å². The standard InChI is InChI=1S/C18H21NO2/c1-3-20-16-7-5-15(6-8-16)19-12-17-11-14-10-13(2)4-9-18(14)21-17/h4-10,17,19H,3,11-12H2,1-2H3. The molecule has 0 saturated heterocycles. The van der Waals surface area contributed by atoms with Crippen molar-refractivity contribution in [2.75, 3.05) is 18.5 Å². The van der Waals surface area contributed by atoms with Gasteiger partial charge in [-0.25, -0.2) is 0 Å². The average molecular weight is 283 g/mol. The van der Waals surface area contributed by atoms with Crippen LogP contribution >= 0.6 is 0 Å². The summed E-state index contributed by atoms with van der Waals surface area (Å²) in [7, 11) is 0. The SMILES string of the molecule is CCOc1ccc(NCC2Cc3cc(C)ccc3O2)cc1.